The first kappa shape index (κ1) is 20.1. The number of hydrogen-bond acceptors (Lipinski definition) is 5. The van der Waals surface area contributed by atoms with Gasteiger partial charge in [0, 0.05) is 31.7 Å². The zero-order chi connectivity index (χ0) is 20.9. The minimum absolute atomic E-state index is 0.0731. The second-order valence-electron chi connectivity index (χ2n) is 7.33. The molecule has 2 aromatic carbocycles. The Morgan fingerprint density at radius 2 is 1.70 bits per heavy atom. The van der Waals surface area contributed by atoms with Crippen molar-refractivity contribution in [2.45, 2.75) is 19.5 Å². The number of carbonyl (C=O) groups excluding carboxylic acids is 1. The van der Waals surface area contributed by atoms with Gasteiger partial charge in [0.2, 0.25) is 5.91 Å². The van der Waals surface area contributed by atoms with Crippen LogP contribution in [0.4, 0.5) is 5.69 Å². The lowest BCUT2D eigenvalue weighted by Gasteiger charge is -2.26. The van der Waals surface area contributed by atoms with Crippen molar-refractivity contribution < 1.29 is 9.53 Å². The number of aryl methyl sites for hydroxylation is 1. The molecule has 0 radical (unpaired) electrons. The number of amides is 1. The predicted molar refractivity (Wildman–Crippen MR) is 115 cm³/mol. The summed E-state index contributed by atoms with van der Waals surface area (Å²) in [6.07, 6.45) is 0.0731. The van der Waals surface area contributed by atoms with E-state index < -0.39 is 0 Å². The van der Waals surface area contributed by atoms with Gasteiger partial charge < -0.3 is 10.1 Å². The van der Waals surface area contributed by atoms with E-state index in [2.05, 4.69) is 15.3 Å². The van der Waals surface area contributed by atoms with Crippen LogP contribution in [0, 0.1) is 0 Å². The van der Waals surface area contributed by atoms with Gasteiger partial charge in [-0.2, -0.15) is 0 Å². The second-order valence-corrected chi connectivity index (χ2v) is 7.33. The van der Waals surface area contributed by atoms with Crippen molar-refractivity contribution in [3.63, 3.8) is 0 Å². The highest BCUT2D eigenvalue weighted by Gasteiger charge is 2.11. The van der Waals surface area contributed by atoms with E-state index in [1.54, 1.807) is 24.3 Å². The molecule has 3 aromatic rings. The molecular weight excluding hydrogens is 384 g/mol. The summed E-state index contributed by atoms with van der Waals surface area (Å²) in [6.45, 7) is 4.33. The van der Waals surface area contributed by atoms with Crippen molar-refractivity contribution in [2.24, 2.45) is 0 Å². The van der Waals surface area contributed by atoms with Crippen LogP contribution in [0.2, 0.25) is 0 Å². The molecule has 30 heavy (non-hydrogen) atoms. The van der Waals surface area contributed by atoms with Crippen molar-refractivity contribution in [3.05, 3.63) is 74.8 Å². The average molecular weight is 408 g/mol. The van der Waals surface area contributed by atoms with Crippen LogP contribution < -0.4 is 16.4 Å². The molecule has 1 aromatic heterocycles. The number of fused-ring (bicyclic) bond motifs is 1. The number of nitrogens with zero attached hydrogens (tertiary/aromatic N) is 2. The van der Waals surface area contributed by atoms with Crippen LogP contribution in [0.15, 0.2) is 58.1 Å². The normalized spacial score (nSPS) is 14.7. The molecule has 1 aliphatic heterocycles. The van der Waals surface area contributed by atoms with Crippen LogP contribution in [0.5, 0.6) is 0 Å². The summed E-state index contributed by atoms with van der Waals surface area (Å²) >= 11 is 0. The van der Waals surface area contributed by atoms with E-state index in [9.17, 15) is 14.4 Å². The van der Waals surface area contributed by atoms with Crippen molar-refractivity contribution in [2.75, 3.05) is 31.6 Å². The Labute approximate surface area is 173 Å². The SMILES string of the molecule is O=C(CCn1[nH]c(=O)c2ccccc2c1=O)Nc1ccc(CN2CCOCC2)cc1. The Bertz CT molecular complexity index is 1140. The van der Waals surface area contributed by atoms with E-state index in [1.165, 1.54) is 10.2 Å². The molecule has 8 heteroatoms. The summed E-state index contributed by atoms with van der Waals surface area (Å²) in [5.74, 6) is -0.225. The lowest BCUT2D eigenvalue weighted by atomic mass is 10.2. The average Bonchev–Trinajstić information content (AvgIpc) is 2.77. The van der Waals surface area contributed by atoms with Crippen LogP contribution in [-0.4, -0.2) is 46.9 Å². The van der Waals surface area contributed by atoms with Crippen LogP contribution >= 0.6 is 0 Å². The summed E-state index contributed by atoms with van der Waals surface area (Å²) in [5, 5.41) is 6.07. The molecule has 0 saturated carbocycles. The second kappa shape index (κ2) is 9.06. The van der Waals surface area contributed by atoms with Gasteiger partial charge in [0.05, 0.1) is 30.5 Å². The van der Waals surface area contributed by atoms with Gasteiger partial charge in [-0.1, -0.05) is 24.3 Å². The maximum atomic E-state index is 12.5. The zero-order valence-corrected chi connectivity index (χ0v) is 16.6. The topological polar surface area (TPSA) is 96.4 Å². The van der Waals surface area contributed by atoms with Crippen molar-refractivity contribution in [3.8, 4) is 0 Å². The smallest absolute Gasteiger partial charge is 0.273 e. The van der Waals surface area contributed by atoms with Gasteiger partial charge in [-0.25, -0.2) is 4.68 Å². The maximum absolute atomic E-state index is 12.5. The van der Waals surface area contributed by atoms with E-state index in [0.717, 1.165) is 32.8 Å². The molecule has 0 spiro atoms. The van der Waals surface area contributed by atoms with Crippen LogP contribution in [0.1, 0.15) is 12.0 Å². The van der Waals surface area contributed by atoms with E-state index in [0.29, 0.717) is 16.5 Å². The lowest BCUT2D eigenvalue weighted by molar-refractivity contribution is -0.116. The van der Waals surface area contributed by atoms with Gasteiger partial charge in [0.1, 0.15) is 0 Å². The van der Waals surface area contributed by atoms with E-state index in [1.807, 2.05) is 24.3 Å². The lowest BCUT2D eigenvalue weighted by Crippen LogP contribution is -2.35. The summed E-state index contributed by atoms with van der Waals surface area (Å²) in [6, 6.07) is 14.4. The fraction of sp³-hybridized carbons (Fsp3) is 0.318. The number of anilines is 1. The Hall–Kier alpha value is -3.23. The number of aromatic amines is 1. The number of nitrogens with one attached hydrogen (secondary N) is 2. The van der Waals surface area contributed by atoms with Crippen molar-refractivity contribution >= 4 is 22.4 Å². The molecule has 1 aliphatic rings. The Balaban J connectivity index is 1.35. The molecular formula is C22H24N4O4. The standard InChI is InChI=1S/C22H24N4O4/c27-20(9-10-26-22(29)19-4-2-1-3-18(19)21(28)24-26)23-17-7-5-16(6-8-17)15-25-11-13-30-14-12-25/h1-8H,9-15H2,(H,23,27)(H,24,28). The predicted octanol–water partition coefficient (Wildman–Crippen LogP) is 1.55. The van der Waals surface area contributed by atoms with E-state index in [4.69, 9.17) is 4.74 Å². The molecule has 156 valence electrons. The summed E-state index contributed by atoms with van der Waals surface area (Å²) in [7, 11) is 0. The van der Waals surface area contributed by atoms with Crippen molar-refractivity contribution in [1.29, 1.82) is 0 Å². The van der Waals surface area contributed by atoms with Gasteiger partial charge in [-0.15, -0.1) is 0 Å². The first-order valence-electron chi connectivity index (χ1n) is 10.0. The van der Waals surface area contributed by atoms with Gasteiger partial charge in [0.15, 0.2) is 0 Å². The highest BCUT2D eigenvalue weighted by atomic mass is 16.5. The first-order valence-corrected chi connectivity index (χ1v) is 10.0. The van der Waals surface area contributed by atoms with Gasteiger partial charge in [-0.05, 0) is 29.8 Å². The first-order chi connectivity index (χ1) is 14.6. The molecule has 0 unspecified atom stereocenters. The highest BCUT2D eigenvalue weighted by molar-refractivity contribution is 5.90. The summed E-state index contributed by atoms with van der Waals surface area (Å²) in [4.78, 5) is 39.3. The van der Waals surface area contributed by atoms with Crippen LogP contribution in [0.25, 0.3) is 10.8 Å². The fourth-order valence-corrected chi connectivity index (χ4v) is 3.55. The molecule has 8 nitrogen and oxygen atoms in total. The minimum Gasteiger partial charge on any atom is -0.379 e. The number of aromatic nitrogens is 2. The number of morpholine rings is 1. The fourth-order valence-electron chi connectivity index (χ4n) is 3.55. The monoisotopic (exact) mass is 408 g/mol. The largest absolute Gasteiger partial charge is 0.379 e. The molecule has 0 atom stereocenters. The third-order valence-electron chi connectivity index (χ3n) is 5.19. The summed E-state index contributed by atoms with van der Waals surface area (Å²) in [5.41, 5.74) is 1.22. The van der Waals surface area contributed by atoms with E-state index in [-0.39, 0.29) is 30.0 Å². The highest BCUT2D eigenvalue weighted by Crippen LogP contribution is 2.13. The molecule has 1 fully saturated rings. The number of hydrogen-bond donors (Lipinski definition) is 2. The molecule has 2 N–H and O–H groups in total. The maximum Gasteiger partial charge on any atom is 0.273 e. The number of benzene rings is 2. The molecule has 1 amide bonds. The number of H-pyrrole nitrogens is 1. The zero-order valence-electron chi connectivity index (χ0n) is 16.6. The molecule has 1 saturated heterocycles. The number of rotatable bonds is 6. The van der Waals surface area contributed by atoms with Crippen LogP contribution in [0.3, 0.4) is 0 Å². The Morgan fingerprint density at radius 3 is 2.43 bits per heavy atom. The van der Waals surface area contributed by atoms with Gasteiger partial charge in [0.25, 0.3) is 11.1 Å². The number of ether oxygens (including phenoxy) is 1. The molecule has 0 bridgehead atoms. The third-order valence-corrected chi connectivity index (χ3v) is 5.19. The Kier molecular flexibility index (Phi) is 6.06. The number of carbonyl (C=O) groups is 1. The Morgan fingerprint density at radius 1 is 1.00 bits per heavy atom. The minimum atomic E-state index is -0.346. The van der Waals surface area contributed by atoms with Gasteiger partial charge in [-0.3, -0.25) is 24.4 Å². The molecule has 0 aliphatic carbocycles. The van der Waals surface area contributed by atoms with Crippen molar-refractivity contribution in [1.82, 2.24) is 14.7 Å². The summed E-state index contributed by atoms with van der Waals surface area (Å²) < 4.78 is 6.55. The van der Waals surface area contributed by atoms with Crippen LogP contribution in [-0.2, 0) is 22.6 Å². The molecule has 2 heterocycles. The quantitative estimate of drug-likeness (QED) is 0.645. The van der Waals surface area contributed by atoms with E-state index >= 15 is 0 Å². The van der Waals surface area contributed by atoms with Gasteiger partial charge >= 0.3 is 0 Å². The third kappa shape index (κ3) is 4.67. The molecule has 4 rings (SSSR count).